The molecule has 7 heteroatoms. The molecule has 1 heterocycles. The van der Waals surface area contributed by atoms with Crippen molar-refractivity contribution >= 4 is 43.0 Å². The molecule has 3 aromatic rings. The third-order valence-electron chi connectivity index (χ3n) is 5.60. The van der Waals surface area contributed by atoms with E-state index in [2.05, 4.69) is 5.32 Å². The summed E-state index contributed by atoms with van der Waals surface area (Å²) in [5, 5.41) is 4.00. The number of anilines is 1. The van der Waals surface area contributed by atoms with Gasteiger partial charge in [-0.3, -0.25) is 9.10 Å². The average molecular weight is 443 g/mol. The van der Waals surface area contributed by atoms with Gasteiger partial charge in [-0.15, -0.1) is 11.3 Å². The summed E-state index contributed by atoms with van der Waals surface area (Å²) in [7, 11) is -3.66. The normalized spacial score (nSPS) is 14.9. The Hall–Kier alpha value is -2.38. The number of aryl methyl sites for hydroxylation is 1. The number of carbonyl (C=O) groups is 1. The first kappa shape index (κ1) is 20.9. The van der Waals surface area contributed by atoms with Crippen LogP contribution in [0.25, 0.3) is 10.1 Å². The maximum atomic E-state index is 13.2. The van der Waals surface area contributed by atoms with E-state index in [1.165, 1.54) is 28.5 Å². The minimum atomic E-state index is -3.66. The third-order valence-corrected chi connectivity index (χ3v) is 8.63. The topological polar surface area (TPSA) is 66.5 Å². The number of amides is 1. The summed E-state index contributed by atoms with van der Waals surface area (Å²) >= 11 is 1.44. The van der Waals surface area contributed by atoms with Crippen molar-refractivity contribution in [2.24, 2.45) is 0 Å². The number of sulfonamides is 1. The Balaban J connectivity index is 1.63. The number of benzene rings is 2. The molecule has 5 nitrogen and oxygen atoms in total. The van der Waals surface area contributed by atoms with Crippen molar-refractivity contribution in [2.45, 2.75) is 50.5 Å². The lowest BCUT2D eigenvalue weighted by Gasteiger charge is -2.23. The molecule has 0 spiro atoms. The molecule has 1 aliphatic carbocycles. The Morgan fingerprint density at radius 3 is 2.47 bits per heavy atom. The standard InChI is InChI=1S/C23H26N2O3S2/c1-3-25(30(27,28)20-11-8-16(2)9-12-20)19-10-13-21-17(14-19)15-22(29-21)23(26)24-18-6-4-5-7-18/h8-15,18H,3-7H2,1-2H3,(H,24,26). The lowest BCUT2D eigenvalue weighted by atomic mass is 10.2. The van der Waals surface area contributed by atoms with Gasteiger partial charge in [0.25, 0.3) is 15.9 Å². The fourth-order valence-electron chi connectivity index (χ4n) is 3.95. The van der Waals surface area contributed by atoms with Crippen LogP contribution in [0, 0.1) is 6.92 Å². The van der Waals surface area contributed by atoms with Gasteiger partial charge < -0.3 is 5.32 Å². The van der Waals surface area contributed by atoms with Crippen LogP contribution in [0.1, 0.15) is 47.8 Å². The maximum Gasteiger partial charge on any atom is 0.264 e. The highest BCUT2D eigenvalue weighted by molar-refractivity contribution is 7.92. The molecular weight excluding hydrogens is 416 g/mol. The van der Waals surface area contributed by atoms with Gasteiger partial charge in [-0.05, 0) is 68.5 Å². The fourth-order valence-corrected chi connectivity index (χ4v) is 6.36. The van der Waals surface area contributed by atoms with Crippen molar-refractivity contribution in [1.82, 2.24) is 5.32 Å². The number of hydrogen-bond acceptors (Lipinski definition) is 4. The highest BCUT2D eigenvalue weighted by atomic mass is 32.2. The van der Waals surface area contributed by atoms with E-state index >= 15 is 0 Å². The van der Waals surface area contributed by atoms with E-state index in [9.17, 15) is 13.2 Å². The van der Waals surface area contributed by atoms with Gasteiger partial charge in [-0.1, -0.05) is 30.5 Å². The quantitative estimate of drug-likeness (QED) is 0.578. The van der Waals surface area contributed by atoms with Crippen molar-refractivity contribution in [1.29, 1.82) is 0 Å². The van der Waals surface area contributed by atoms with Crippen molar-refractivity contribution < 1.29 is 13.2 Å². The Kier molecular flexibility index (Phi) is 5.84. The summed E-state index contributed by atoms with van der Waals surface area (Å²) in [6.45, 7) is 4.07. The van der Waals surface area contributed by atoms with Crippen LogP contribution in [-0.2, 0) is 10.0 Å². The van der Waals surface area contributed by atoms with Crippen LogP contribution >= 0.6 is 11.3 Å². The molecule has 0 aliphatic heterocycles. The lowest BCUT2D eigenvalue weighted by Crippen LogP contribution is -2.31. The third kappa shape index (κ3) is 4.09. The van der Waals surface area contributed by atoms with E-state index in [0.717, 1.165) is 28.5 Å². The van der Waals surface area contributed by atoms with Crippen molar-refractivity contribution in [3.8, 4) is 0 Å². The van der Waals surface area contributed by atoms with Crippen LogP contribution in [0.4, 0.5) is 5.69 Å². The second-order valence-corrected chi connectivity index (χ2v) is 10.7. The number of carbonyl (C=O) groups excluding carboxylic acids is 1. The van der Waals surface area contributed by atoms with E-state index in [1.807, 2.05) is 38.1 Å². The number of fused-ring (bicyclic) bond motifs is 1. The summed E-state index contributed by atoms with van der Waals surface area (Å²) in [5.41, 5.74) is 1.62. The van der Waals surface area contributed by atoms with Crippen LogP contribution in [-0.4, -0.2) is 26.9 Å². The zero-order valence-electron chi connectivity index (χ0n) is 17.2. The monoisotopic (exact) mass is 442 g/mol. The SMILES string of the molecule is CCN(c1ccc2sc(C(=O)NC3CCCC3)cc2c1)S(=O)(=O)c1ccc(C)cc1. The molecule has 1 aliphatic rings. The first-order valence-electron chi connectivity index (χ1n) is 10.3. The molecule has 0 bridgehead atoms. The molecule has 2 aromatic carbocycles. The van der Waals surface area contributed by atoms with Gasteiger partial charge in [0.2, 0.25) is 0 Å². The van der Waals surface area contributed by atoms with Gasteiger partial charge in [-0.2, -0.15) is 0 Å². The summed E-state index contributed by atoms with van der Waals surface area (Å²) in [4.78, 5) is 13.6. The summed E-state index contributed by atoms with van der Waals surface area (Å²) in [5.74, 6) is -0.0377. The van der Waals surface area contributed by atoms with Crippen molar-refractivity contribution in [3.63, 3.8) is 0 Å². The minimum Gasteiger partial charge on any atom is -0.349 e. The number of nitrogens with one attached hydrogen (secondary N) is 1. The summed E-state index contributed by atoms with van der Waals surface area (Å²) in [6, 6.07) is 14.6. The second kappa shape index (κ2) is 8.40. The smallest absolute Gasteiger partial charge is 0.264 e. The van der Waals surface area contributed by atoms with Crippen LogP contribution in [0.5, 0.6) is 0 Å². The molecule has 1 amide bonds. The van der Waals surface area contributed by atoms with E-state index in [0.29, 0.717) is 17.1 Å². The molecule has 0 radical (unpaired) electrons. The zero-order chi connectivity index (χ0) is 21.3. The van der Waals surface area contributed by atoms with Crippen LogP contribution in [0.15, 0.2) is 53.4 Å². The average Bonchev–Trinajstić information content (AvgIpc) is 3.38. The van der Waals surface area contributed by atoms with Gasteiger partial charge in [0.15, 0.2) is 0 Å². The molecular formula is C23H26N2O3S2. The Bertz CT molecular complexity index is 1160. The van der Waals surface area contributed by atoms with Crippen LogP contribution in [0.2, 0.25) is 0 Å². The van der Waals surface area contributed by atoms with E-state index in [4.69, 9.17) is 0 Å². The Morgan fingerprint density at radius 1 is 1.10 bits per heavy atom. The predicted molar refractivity (Wildman–Crippen MR) is 123 cm³/mol. The molecule has 0 unspecified atom stereocenters. The molecule has 0 atom stereocenters. The first-order valence-corrected chi connectivity index (χ1v) is 12.6. The van der Waals surface area contributed by atoms with E-state index in [1.54, 1.807) is 24.3 Å². The van der Waals surface area contributed by atoms with E-state index < -0.39 is 10.0 Å². The molecule has 1 N–H and O–H groups in total. The van der Waals surface area contributed by atoms with Gasteiger partial charge in [-0.25, -0.2) is 8.42 Å². The van der Waals surface area contributed by atoms with Crippen molar-refractivity contribution in [3.05, 3.63) is 59.0 Å². The molecule has 1 saturated carbocycles. The highest BCUT2D eigenvalue weighted by Gasteiger charge is 2.24. The fraction of sp³-hybridized carbons (Fsp3) is 0.348. The predicted octanol–water partition coefficient (Wildman–Crippen LogP) is 5.10. The van der Waals surface area contributed by atoms with Gasteiger partial charge in [0.1, 0.15) is 0 Å². The number of rotatable bonds is 6. The Labute approximate surface area is 181 Å². The number of hydrogen-bond donors (Lipinski definition) is 1. The molecule has 1 aromatic heterocycles. The number of nitrogens with zero attached hydrogens (tertiary/aromatic N) is 1. The van der Waals surface area contributed by atoms with Gasteiger partial charge >= 0.3 is 0 Å². The maximum absolute atomic E-state index is 13.2. The minimum absolute atomic E-state index is 0.0377. The molecule has 1 fully saturated rings. The molecule has 158 valence electrons. The van der Waals surface area contributed by atoms with Crippen LogP contribution < -0.4 is 9.62 Å². The Morgan fingerprint density at radius 2 is 1.80 bits per heavy atom. The van der Waals surface area contributed by atoms with E-state index in [-0.39, 0.29) is 16.8 Å². The largest absolute Gasteiger partial charge is 0.349 e. The summed E-state index contributed by atoms with van der Waals surface area (Å²) < 4.78 is 28.7. The second-order valence-electron chi connectivity index (χ2n) is 7.77. The highest BCUT2D eigenvalue weighted by Crippen LogP contribution is 2.32. The van der Waals surface area contributed by atoms with Crippen LogP contribution in [0.3, 0.4) is 0 Å². The first-order chi connectivity index (χ1) is 14.4. The van der Waals surface area contributed by atoms with Gasteiger partial charge in [0.05, 0.1) is 15.5 Å². The number of thiophene rings is 1. The summed E-state index contributed by atoms with van der Waals surface area (Å²) in [6.07, 6.45) is 4.43. The zero-order valence-corrected chi connectivity index (χ0v) is 18.9. The molecule has 30 heavy (non-hydrogen) atoms. The van der Waals surface area contributed by atoms with Crippen molar-refractivity contribution in [2.75, 3.05) is 10.8 Å². The van der Waals surface area contributed by atoms with Gasteiger partial charge in [0, 0.05) is 17.3 Å². The molecule has 4 rings (SSSR count). The molecule has 0 saturated heterocycles. The lowest BCUT2D eigenvalue weighted by molar-refractivity contribution is 0.0942.